The van der Waals surface area contributed by atoms with Gasteiger partial charge < -0.3 is 14.6 Å². The largest absolute Gasteiger partial charge is 0.465 e. The number of nitrogens with zero attached hydrogens (tertiary/aromatic N) is 2. The molecule has 1 amide bonds. The minimum atomic E-state index is -0.503. The van der Waals surface area contributed by atoms with Gasteiger partial charge in [-0.15, -0.1) is 0 Å². The molecule has 0 unspecified atom stereocenters. The average molecular weight is 344 g/mol. The summed E-state index contributed by atoms with van der Waals surface area (Å²) in [7, 11) is 3.17. The summed E-state index contributed by atoms with van der Waals surface area (Å²) in [6.07, 6.45) is 1.68. The summed E-state index contributed by atoms with van der Waals surface area (Å²) in [4.78, 5) is 28.3. The number of rotatable bonds is 3. The number of anilines is 1. The first-order valence-electron chi connectivity index (χ1n) is 7.10. The number of hydrogen-bond acceptors (Lipinski definition) is 4. The number of aryl methyl sites for hydroxylation is 1. The van der Waals surface area contributed by atoms with Crippen LogP contribution in [0.3, 0.4) is 0 Å². The highest BCUT2D eigenvalue weighted by atomic mass is 35.5. The molecule has 0 aliphatic rings. The molecule has 0 aliphatic carbocycles. The van der Waals surface area contributed by atoms with E-state index in [1.807, 2.05) is 17.7 Å². The zero-order valence-electron chi connectivity index (χ0n) is 13.0. The van der Waals surface area contributed by atoms with Crippen molar-refractivity contribution in [3.8, 4) is 0 Å². The molecule has 0 spiro atoms. The fourth-order valence-corrected chi connectivity index (χ4v) is 2.50. The molecule has 0 saturated heterocycles. The lowest BCUT2D eigenvalue weighted by molar-refractivity contribution is 0.0600. The third-order valence-corrected chi connectivity index (χ3v) is 3.95. The number of methoxy groups -OCH3 is 1. The second-order valence-corrected chi connectivity index (χ2v) is 5.61. The molecule has 1 N–H and O–H groups in total. The van der Waals surface area contributed by atoms with Gasteiger partial charge in [0.25, 0.3) is 5.91 Å². The van der Waals surface area contributed by atoms with Crippen molar-refractivity contribution in [1.82, 2.24) is 9.55 Å². The average Bonchev–Trinajstić information content (AvgIpc) is 2.96. The number of nitrogens with one attached hydrogen (secondary N) is 1. The predicted molar refractivity (Wildman–Crippen MR) is 91.5 cm³/mol. The van der Waals surface area contributed by atoms with Crippen LogP contribution in [-0.2, 0) is 11.8 Å². The quantitative estimate of drug-likeness (QED) is 0.741. The van der Waals surface area contributed by atoms with Crippen LogP contribution in [0.15, 0.2) is 42.7 Å². The van der Waals surface area contributed by atoms with Gasteiger partial charge >= 0.3 is 5.97 Å². The lowest BCUT2D eigenvalue weighted by Crippen LogP contribution is -2.13. The molecule has 0 fully saturated rings. The Labute approximate surface area is 143 Å². The molecule has 6 nitrogen and oxygen atoms in total. The molecule has 2 aromatic carbocycles. The van der Waals surface area contributed by atoms with Crippen LogP contribution >= 0.6 is 11.6 Å². The second kappa shape index (κ2) is 6.33. The van der Waals surface area contributed by atoms with E-state index in [9.17, 15) is 9.59 Å². The van der Waals surface area contributed by atoms with Crippen LogP contribution in [-0.4, -0.2) is 28.5 Å². The molecule has 0 bridgehead atoms. The first-order chi connectivity index (χ1) is 11.5. The van der Waals surface area contributed by atoms with Gasteiger partial charge in [-0.05, 0) is 36.4 Å². The lowest BCUT2D eigenvalue weighted by Gasteiger charge is -2.09. The van der Waals surface area contributed by atoms with Gasteiger partial charge in [0.2, 0.25) is 0 Å². The van der Waals surface area contributed by atoms with Crippen molar-refractivity contribution < 1.29 is 14.3 Å². The van der Waals surface area contributed by atoms with E-state index in [1.165, 1.54) is 25.3 Å². The maximum absolute atomic E-state index is 12.4. The van der Waals surface area contributed by atoms with Gasteiger partial charge in [0, 0.05) is 12.6 Å². The minimum absolute atomic E-state index is 0.303. The molecule has 0 atom stereocenters. The van der Waals surface area contributed by atoms with E-state index in [0.717, 1.165) is 11.0 Å². The Balaban J connectivity index is 1.89. The summed E-state index contributed by atoms with van der Waals surface area (Å²) in [6.45, 7) is 0. The van der Waals surface area contributed by atoms with Gasteiger partial charge in [-0.3, -0.25) is 4.79 Å². The first-order valence-corrected chi connectivity index (χ1v) is 7.47. The van der Waals surface area contributed by atoms with E-state index in [0.29, 0.717) is 21.8 Å². The van der Waals surface area contributed by atoms with Crippen LogP contribution < -0.4 is 5.32 Å². The maximum atomic E-state index is 12.4. The van der Waals surface area contributed by atoms with E-state index in [-0.39, 0.29) is 5.91 Å². The van der Waals surface area contributed by atoms with Crippen molar-refractivity contribution in [2.45, 2.75) is 0 Å². The van der Waals surface area contributed by atoms with Crippen molar-refractivity contribution >= 4 is 40.2 Å². The monoisotopic (exact) mass is 343 g/mol. The molecule has 0 saturated carbocycles. The van der Waals surface area contributed by atoms with Crippen LogP contribution in [0, 0.1) is 0 Å². The summed E-state index contributed by atoms with van der Waals surface area (Å²) >= 11 is 6.09. The minimum Gasteiger partial charge on any atom is -0.465 e. The number of aromatic nitrogens is 2. The second-order valence-electron chi connectivity index (χ2n) is 5.20. The number of carbonyl (C=O) groups is 2. The Bertz CT molecular complexity index is 949. The van der Waals surface area contributed by atoms with Gasteiger partial charge in [0.15, 0.2) is 0 Å². The maximum Gasteiger partial charge on any atom is 0.337 e. The van der Waals surface area contributed by atoms with E-state index in [4.69, 9.17) is 11.6 Å². The number of carbonyl (C=O) groups excluding carboxylic acids is 2. The molecule has 0 radical (unpaired) electrons. The van der Waals surface area contributed by atoms with Crippen LogP contribution in [0.1, 0.15) is 20.7 Å². The molecular formula is C17H14ClN3O3. The molecule has 122 valence electrons. The Hall–Kier alpha value is -2.86. The fourth-order valence-electron chi connectivity index (χ4n) is 2.34. The fraction of sp³-hybridized carbons (Fsp3) is 0.118. The van der Waals surface area contributed by atoms with E-state index in [1.54, 1.807) is 18.5 Å². The van der Waals surface area contributed by atoms with Gasteiger partial charge in [-0.1, -0.05) is 11.6 Å². The predicted octanol–water partition coefficient (Wildman–Crippen LogP) is 3.27. The zero-order valence-corrected chi connectivity index (χ0v) is 13.8. The normalized spacial score (nSPS) is 10.6. The summed E-state index contributed by atoms with van der Waals surface area (Å²) in [5, 5.41) is 3.03. The number of fused-ring (bicyclic) bond motifs is 1. The Morgan fingerprint density at radius 1 is 1.17 bits per heavy atom. The van der Waals surface area contributed by atoms with Crippen molar-refractivity contribution in [1.29, 1.82) is 0 Å². The highest BCUT2D eigenvalue weighted by molar-refractivity contribution is 6.34. The number of amides is 1. The summed E-state index contributed by atoms with van der Waals surface area (Å²) < 4.78 is 6.53. The topological polar surface area (TPSA) is 73.2 Å². The van der Waals surface area contributed by atoms with Crippen LogP contribution in [0.4, 0.5) is 5.69 Å². The number of esters is 1. The van der Waals surface area contributed by atoms with E-state index < -0.39 is 5.97 Å². The van der Waals surface area contributed by atoms with Crippen LogP contribution in [0.2, 0.25) is 5.02 Å². The Kier molecular flexibility index (Phi) is 4.22. The van der Waals surface area contributed by atoms with E-state index >= 15 is 0 Å². The molecule has 1 heterocycles. The van der Waals surface area contributed by atoms with Gasteiger partial charge in [-0.25, -0.2) is 9.78 Å². The number of hydrogen-bond donors (Lipinski definition) is 1. The Morgan fingerprint density at radius 3 is 2.67 bits per heavy atom. The highest BCUT2D eigenvalue weighted by Crippen LogP contribution is 2.24. The van der Waals surface area contributed by atoms with Crippen LogP contribution in [0.25, 0.3) is 11.0 Å². The number of imidazole rings is 1. The van der Waals surface area contributed by atoms with Crippen molar-refractivity contribution in [2.75, 3.05) is 12.4 Å². The number of benzene rings is 2. The summed E-state index contributed by atoms with van der Waals surface area (Å²) in [6, 6.07) is 9.77. The van der Waals surface area contributed by atoms with Gasteiger partial charge in [0.1, 0.15) is 0 Å². The number of ether oxygens (including phenoxy) is 1. The molecule has 1 aromatic heterocycles. The molecule has 24 heavy (non-hydrogen) atoms. The van der Waals surface area contributed by atoms with Crippen molar-refractivity contribution in [3.63, 3.8) is 0 Å². The van der Waals surface area contributed by atoms with Crippen molar-refractivity contribution in [3.05, 3.63) is 58.9 Å². The summed E-state index contributed by atoms with van der Waals surface area (Å²) in [5.41, 5.74) is 2.74. The smallest absolute Gasteiger partial charge is 0.337 e. The van der Waals surface area contributed by atoms with Crippen molar-refractivity contribution in [2.24, 2.45) is 7.05 Å². The Morgan fingerprint density at radius 2 is 1.92 bits per heavy atom. The zero-order chi connectivity index (χ0) is 17.3. The van der Waals surface area contributed by atoms with Gasteiger partial charge in [0.05, 0.1) is 40.7 Å². The summed E-state index contributed by atoms with van der Waals surface area (Å²) in [5.74, 6) is -0.844. The molecular weight excluding hydrogens is 330 g/mol. The van der Waals surface area contributed by atoms with E-state index in [2.05, 4.69) is 15.0 Å². The lowest BCUT2D eigenvalue weighted by atomic mass is 10.1. The standard InChI is InChI=1S/C17H14ClN3O3/c1-21-9-19-14-7-10(4-6-15(14)21)16(22)20-13-8-11(17(23)24-2)3-5-12(13)18/h3-9H,1-2H3,(H,20,22). The number of halogens is 1. The molecule has 3 aromatic rings. The SMILES string of the molecule is COC(=O)c1ccc(Cl)c(NC(=O)c2ccc3c(c2)ncn3C)c1. The third kappa shape index (κ3) is 2.96. The molecule has 0 aliphatic heterocycles. The molecule has 7 heteroatoms. The first kappa shape index (κ1) is 16.0. The highest BCUT2D eigenvalue weighted by Gasteiger charge is 2.13. The van der Waals surface area contributed by atoms with Gasteiger partial charge in [-0.2, -0.15) is 0 Å². The third-order valence-electron chi connectivity index (χ3n) is 3.62. The van der Waals surface area contributed by atoms with Crippen LogP contribution in [0.5, 0.6) is 0 Å². The molecule has 3 rings (SSSR count).